The van der Waals surface area contributed by atoms with Gasteiger partial charge in [0.15, 0.2) is 0 Å². The molecule has 0 spiro atoms. The zero-order valence-corrected chi connectivity index (χ0v) is 18.3. The van der Waals surface area contributed by atoms with E-state index in [1.807, 2.05) is 40.6 Å². The van der Waals surface area contributed by atoms with Gasteiger partial charge in [-0.1, -0.05) is 11.6 Å². The van der Waals surface area contributed by atoms with Crippen molar-refractivity contribution in [3.63, 3.8) is 0 Å². The van der Waals surface area contributed by atoms with Crippen LogP contribution in [-0.4, -0.2) is 59.0 Å². The van der Waals surface area contributed by atoms with Crippen LogP contribution in [0.2, 0.25) is 5.02 Å². The number of halogens is 1. The van der Waals surface area contributed by atoms with Crippen LogP contribution in [0.4, 0.5) is 0 Å². The topological polar surface area (TPSA) is 58.6 Å². The van der Waals surface area contributed by atoms with Crippen molar-refractivity contribution in [2.75, 3.05) is 33.3 Å². The average molecular weight is 443 g/mol. The van der Waals surface area contributed by atoms with Gasteiger partial charge in [0.1, 0.15) is 10.8 Å². The quantitative estimate of drug-likeness (QED) is 0.581. The molecule has 0 bridgehead atoms. The fraction of sp³-hybridized carbons (Fsp3) is 0.318. The van der Waals surface area contributed by atoms with E-state index in [9.17, 15) is 4.79 Å². The standard InChI is InChI=1S/C22H23ClN4O2S/c1-29-20-5-4-18(23)11-17(20)14-26-7-9-27(10-8-26)21(28)12-19-15-30-22(25-19)16-3-2-6-24-13-16/h2-6,11,13,15H,7-10,12,14H2,1H3. The van der Waals surface area contributed by atoms with E-state index < -0.39 is 0 Å². The van der Waals surface area contributed by atoms with Crippen LogP contribution in [-0.2, 0) is 17.8 Å². The van der Waals surface area contributed by atoms with Gasteiger partial charge in [-0.25, -0.2) is 4.98 Å². The van der Waals surface area contributed by atoms with Crippen LogP contribution in [0.25, 0.3) is 10.6 Å². The highest BCUT2D eigenvalue weighted by atomic mass is 35.5. The van der Waals surface area contributed by atoms with E-state index in [2.05, 4.69) is 14.9 Å². The van der Waals surface area contributed by atoms with Gasteiger partial charge in [0.2, 0.25) is 5.91 Å². The van der Waals surface area contributed by atoms with Crippen molar-refractivity contribution >= 4 is 28.8 Å². The summed E-state index contributed by atoms with van der Waals surface area (Å²) in [4.78, 5) is 25.7. The van der Waals surface area contributed by atoms with Gasteiger partial charge in [0.25, 0.3) is 0 Å². The Kier molecular flexibility index (Phi) is 6.62. The molecule has 0 saturated carbocycles. The molecule has 3 heterocycles. The zero-order valence-electron chi connectivity index (χ0n) is 16.8. The predicted octanol–water partition coefficient (Wildman–Crippen LogP) is 3.75. The van der Waals surface area contributed by atoms with Gasteiger partial charge in [-0.15, -0.1) is 11.3 Å². The number of thiazole rings is 1. The minimum Gasteiger partial charge on any atom is -0.496 e. The van der Waals surface area contributed by atoms with E-state index in [0.717, 1.165) is 47.2 Å². The SMILES string of the molecule is COc1ccc(Cl)cc1CN1CCN(C(=O)Cc2csc(-c3cccnc3)n2)CC1. The summed E-state index contributed by atoms with van der Waals surface area (Å²) < 4.78 is 5.44. The maximum Gasteiger partial charge on any atom is 0.228 e. The molecule has 2 aromatic heterocycles. The van der Waals surface area contributed by atoms with Crippen LogP contribution in [0.15, 0.2) is 48.1 Å². The van der Waals surface area contributed by atoms with E-state index in [1.54, 1.807) is 30.8 Å². The number of methoxy groups -OCH3 is 1. The molecule has 1 fully saturated rings. The summed E-state index contributed by atoms with van der Waals surface area (Å²) in [7, 11) is 1.67. The fourth-order valence-electron chi connectivity index (χ4n) is 3.54. The number of ether oxygens (including phenoxy) is 1. The van der Waals surface area contributed by atoms with Crippen molar-refractivity contribution in [2.45, 2.75) is 13.0 Å². The molecule has 0 radical (unpaired) electrons. The molecule has 4 rings (SSSR count). The Labute approximate surface area is 185 Å². The molecule has 156 valence electrons. The number of pyridine rings is 1. The number of nitrogens with zero attached hydrogens (tertiary/aromatic N) is 4. The van der Waals surface area contributed by atoms with E-state index >= 15 is 0 Å². The maximum atomic E-state index is 12.7. The molecular weight excluding hydrogens is 420 g/mol. The number of benzene rings is 1. The van der Waals surface area contributed by atoms with Gasteiger partial charge >= 0.3 is 0 Å². The molecule has 1 aromatic carbocycles. The molecule has 0 atom stereocenters. The van der Waals surface area contributed by atoms with Crippen LogP contribution in [0.3, 0.4) is 0 Å². The van der Waals surface area contributed by atoms with Crippen molar-refractivity contribution in [2.24, 2.45) is 0 Å². The molecule has 0 unspecified atom stereocenters. The Balaban J connectivity index is 1.31. The summed E-state index contributed by atoms with van der Waals surface area (Å²) in [6.45, 7) is 3.81. The first kappa shape index (κ1) is 20.8. The molecule has 3 aromatic rings. The van der Waals surface area contributed by atoms with E-state index in [0.29, 0.717) is 24.5 Å². The molecule has 1 aliphatic rings. The van der Waals surface area contributed by atoms with Crippen molar-refractivity contribution in [3.8, 4) is 16.3 Å². The number of hydrogen-bond acceptors (Lipinski definition) is 6. The van der Waals surface area contributed by atoms with Crippen molar-refractivity contribution in [1.29, 1.82) is 0 Å². The van der Waals surface area contributed by atoms with Crippen LogP contribution in [0, 0.1) is 0 Å². The third-order valence-electron chi connectivity index (χ3n) is 5.15. The molecular formula is C22H23ClN4O2S. The predicted molar refractivity (Wildman–Crippen MR) is 119 cm³/mol. The highest BCUT2D eigenvalue weighted by Crippen LogP contribution is 2.25. The van der Waals surface area contributed by atoms with E-state index in [-0.39, 0.29) is 5.91 Å². The van der Waals surface area contributed by atoms with Gasteiger partial charge in [-0.3, -0.25) is 14.7 Å². The van der Waals surface area contributed by atoms with Crippen LogP contribution in [0.1, 0.15) is 11.3 Å². The fourth-order valence-corrected chi connectivity index (χ4v) is 4.55. The summed E-state index contributed by atoms with van der Waals surface area (Å²) >= 11 is 7.68. The first-order chi connectivity index (χ1) is 14.6. The minimum absolute atomic E-state index is 0.123. The third kappa shape index (κ3) is 4.98. The monoisotopic (exact) mass is 442 g/mol. The van der Waals surface area contributed by atoms with Gasteiger partial charge in [-0.05, 0) is 30.3 Å². The van der Waals surface area contributed by atoms with Crippen LogP contribution in [0.5, 0.6) is 5.75 Å². The third-order valence-corrected chi connectivity index (χ3v) is 6.33. The normalized spacial score (nSPS) is 14.7. The molecule has 0 N–H and O–H groups in total. The van der Waals surface area contributed by atoms with Crippen molar-refractivity contribution in [1.82, 2.24) is 19.8 Å². The Hall–Kier alpha value is -2.48. The lowest BCUT2D eigenvalue weighted by molar-refractivity contribution is -0.132. The number of carbonyl (C=O) groups excluding carboxylic acids is 1. The zero-order chi connectivity index (χ0) is 20.9. The summed E-state index contributed by atoms with van der Waals surface area (Å²) in [5.41, 5.74) is 2.86. The second-order valence-electron chi connectivity index (χ2n) is 7.18. The number of aromatic nitrogens is 2. The molecule has 1 amide bonds. The van der Waals surface area contributed by atoms with Crippen molar-refractivity contribution in [3.05, 3.63) is 64.4 Å². The van der Waals surface area contributed by atoms with Gasteiger partial charge in [-0.2, -0.15) is 0 Å². The second kappa shape index (κ2) is 9.55. The lowest BCUT2D eigenvalue weighted by atomic mass is 10.1. The first-order valence-electron chi connectivity index (χ1n) is 9.80. The largest absolute Gasteiger partial charge is 0.496 e. The van der Waals surface area contributed by atoms with Crippen LogP contribution < -0.4 is 4.74 Å². The summed E-state index contributed by atoms with van der Waals surface area (Å²) in [5.74, 6) is 0.962. The van der Waals surface area contributed by atoms with Gasteiger partial charge in [0.05, 0.1) is 19.2 Å². The first-order valence-corrected chi connectivity index (χ1v) is 11.1. The minimum atomic E-state index is 0.123. The van der Waals surface area contributed by atoms with E-state index in [4.69, 9.17) is 16.3 Å². The Morgan fingerprint density at radius 2 is 2.07 bits per heavy atom. The molecule has 1 aliphatic heterocycles. The molecule has 8 heteroatoms. The smallest absolute Gasteiger partial charge is 0.228 e. The number of piperazine rings is 1. The Bertz CT molecular complexity index is 1000. The summed E-state index contributed by atoms with van der Waals surface area (Å²) in [5, 5.41) is 3.56. The number of amides is 1. The Morgan fingerprint density at radius 1 is 1.23 bits per heavy atom. The average Bonchev–Trinajstić information content (AvgIpc) is 3.23. The van der Waals surface area contributed by atoms with Crippen LogP contribution >= 0.6 is 22.9 Å². The highest BCUT2D eigenvalue weighted by Gasteiger charge is 2.22. The maximum absolute atomic E-state index is 12.7. The number of carbonyl (C=O) groups is 1. The summed E-state index contributed by atoms with van der Waals surface area (Å²) in [6, 6.07) is 9.54. The van der Waals surface area contributed by atoms with Crippen molar-refractivity contribution < 1.29 is 9.53 Å². The molecule has 30 heavy (non-hydrogen) atoms. The molecule has 0 aliphatic carbocycles. The molecule has 1 saturated heterocycles. The lowest BCUT2D eigenvalue weighted by Crippen LogP contribution is -2.48. The summed E-state index contributed by atoms with van der Waals surface area (Å²) in [6.07, 6.45) is 3.86. The molecule has 6 nitrogen and oxygen atoms in total. The highest BCUT2D eigenvalue weighted by molar-refractivity contribution is 7.13. The Morgan fingerprint density at radius 3 is 2.80 bits per heavy atom. The van der Waals surface area contributed by atoms with E-state index in [1.165, 1.54) is 0 Å². The number of rotatable bonds is 6. The van der Waals surface area contributed by atoms with Gasteiger partial charge in [0, 0.05) is 66.6 Å². The lowest BCUT2D eigenvalue weighted by Gasteiger charge is -2.35. The number of hydrogen-bond donors (Lipinski definition) is 0. The second-order valence-corrected chi connectivity index (χ2v) is 8.47. The van der Waals surface area contributed by atoms with Gasteiger partial charge < -0.3 is 9.64 Å².